The first-order valence-corrected chi connectivity index (χ1v) is 6.24. The normalized spacial score (nSPS) is 9.95. The number of nitrogens with two attached hydrogens (primary N) is 1. The topological polar surface area (TPSA) is 53.0 Å². The Labute approximate surface area is 117 Å². The second-order valence-corrected chi connectivity index (χ2v) is 4.74. The first-order chi connectivity index (χ1) is 9.11. The van der Waals surface area contributed by atoms with Gasteiger partial charge in [0.1, 0.15) is 6.07 Å². The fourth-order valence-corrected chi connectivity index (χ4v) is 2.07. The van der Waals surface area contributed by atoms with Gasteiger partial charge in [-0.15, -0.1) is 0 Å². The zero-order chi connectivity index (χ0) is 13.8. The second kappa shape index (κ2) is 5.64. The van der Waals surface area contributed by atoms with Gasteiger partial charge in [0.2, 0.25) is 0 Å². The molecule has 19 heavy (non-hydrogen) atoms. The molecule has 0 unspecified atom stereocenters. The standard InChI is InChI=1S/C15H14ClN3/c1-19(10-12-4-2-3-5-15(12)18)13-7-6-11(9-17)14(16)8-13/h2-8H,10,18H2,1H3. The first kappa shape index (κ1) is 13.3. The molecule has 0 bridgehead atoms. The lowest BCUT2D eigenvalue weighted by Gasteiger charge is -2.20. The van der Waals surface area contributed by atoms with Gasteiger partial charge in [0.15, 0.2) is 0 Å². The van der Waals surface area contributed by atoms with Gasteiger partial charge >= 0.3 is 0 Å². The van der Waals surface area contributed by atoms with Crippen molar-refractivity contribution in [3.63, 3.8) is 0 Å². The van der Waals surface area contributed by atoms with Crippen molar-refractivity contribution in [3.05, 3.63) is 58.6 Å². The van der Waals surface area contributed by atoms with E-state index in [-0.39, 0.29) is 0 Å². The van der Waals surface area contributed by atoms with E-state index in [1.807, 2.05) is 48.3 Å². The van der Waals surface area contributed by atoms with Gasteiger partial charge < -0.3 is 10.6 Å². The molecular formula is C15H14ClN3. The summed E-state index contributed by atoms with van der Waals surface area (Å²) in [5.41, 5.74) is 9.20. The minimum Gasteiger partial charge on any atom is -0.398 e. The molecule has 0 fully saturated rings. The molecule has 3 nitrogen and oxygen atoms in total. The van der Waals surface area contributed by atoms with Crippen LogP contribution in [0.3, 0.4) is 0 Å². The first-order valence-electron chi connectivity index (χ1n) is 5.86. The molecule has 0 aliphatic carbocycles. The number of halogens is 1. The Kier molecular flexibility index (Phi) is 3.94. The summed E-state index contributed by atoms with van der Waals surface area (Å²) in [6.07, 6.45) is 0. The van der Waals surface area contributed by atoms with Crippen LogP contribution in [0.1, 0.15) is 11.1 Å². The SMILES string of the molecule is CN(Cc1ccccc1N)c1ccc(C#N)c(Cl)c1. The highest BCUT2D eigenvalue weighted by atomic mass is 35.5. The maximum Gasteiger partial charge on any atom is 0.101 e. The van der Waals surface area contributed by atoms with Gasteiger partial charge in [0.05, 0.1) is 10.6 Å². The molecule has 2 N–H and O–H groups in total. The Hall–Kier alpha value is -2.18. The van der Waals surface area contributed by atoms with Crippen molar-refractivity contribution >= 4 is 23.0 Å². The molecule has 2 rings (SSSR count). The highest BCUT2D eigenvalue weighted by molar-refractivity contribution is 6.32. The van der Waals surface area contributed by atoms with E-state index < -0.39 is 0 Å². The summed E-state index contributed by atoms with van der Waals surface area (Å²) >= 11 is 6.03. The number of nitrogens with zero attached hydrogens (tertiary/aromatic N) is 2. The molecule has 4 heteroatoms. The summed E-state index contributed by atoms with van der Waals surface area (Å²) in [4.78, 5) is 2.04. The minimum atomic E-state index is 0.466. The van der Waals surface area contributed by atoms with E-state index in [4.69, 9.17) is 22.6 Å². The van der Waals surface area contributed by atoms with Crippen LogP contribution in [0.2, 0.25) is 5.02 Å². The van der Waals surface area contributed by atoms with E-state index in [2.05, 4.69) is 0 Å². The molecule has 2 aromatic carbocycles. The van der Waals surface area contributed by atoms with Crippen molar-refractivity contribution < 1.29 is 0 Å². The zero-order valence-corrected chi connectivity index (χ0v) is 11.4. The summed E-state index contributed by atoms with van der Waals surface area (Å²) in [6.45, 7) is 0.689. The molecule has 0 saturated carbocycles. The third-order valence-electron chi connectivity index (χ3n) is 2.98. The summed E-state index contributed by atoms with van der Waals surface area (Å²) in [5, 5.41) is 9.32. The van der Waals surface area contributed by atoms with Crippen LogP contribution < -0.4 is 10.6 Å². The number of anilines is 2. The number of nitrogen functional groups attached to an aromatic ring is 1. The molecule has 0 spiro atoms. The fourth-order valence-electron chi connectivity index (χ4n) is 1.86. The van der Waals surface area contributed by atoms with Gasteiger partial charge in [-0.3, -0.25) is 0 Å². The van der Waals surface area contributed by atoms with Crippen molar-refractivity contribution in [3.8, 4) is 6.07 Å². The predicted octanol–water partition coefficient (Wildman–Crippen LogP) is 3.43. The van der Waals surface area contributed by atoms with Crippen LogP contribution in [0.25, 0.3) is 0 Å². The minimum absolute atomic E-state index is 0.466. The quantitative estimate of drug-likeness (QED) is 0.870. The van der Waals surface area contributed by atoms with Gasteiger partial charge in [-0.2, -0.15) is 5.26 Å². The lowest BCUT2D eigenvalue weighted by Crippen LogP contribution is -2.17. The van der Waals surface area contributed by atoms with Crippen molar-refractivity contribution in [2.45, 2.75) is 6.54 Å². The Balaban J connectivity index is 2.21. The van der Waals surface area contributed by atoms with E-state index >= 15 is 0 Å². The maximum atomic E-state index is 8.85. The van der Waals surface area contributed by atoms with Gasteiger partial charge in [-0.05, 0) is 29.8 Å². The third-order valence-corrected chi connectivity index (χ3v) is 3.29. The van der Waals surface area contributed by atoms with Crippen LogP contribution in [-0.2, 0) is 6.54 Å². The van der Waals surface area contributed by atoms with Crippen LogP contribution >= 0.6 is 11.6 Å². The molecule has 0 atom stereocenters. The third kappa shape index (κ3) is 2.98. The molecule has 0 aliphatic heterocycles. The largest absolute Gasteiger partial charge is 0.398 e. The molecule has 0 heterocycles. The van der Waals surface area contributed by atoms with Gasteiger partial charge in [0.25, 0.3) is 0 Å². The Bertz CT molecular complexity index is 632. The van der Waals surface area contributed by atoms with Crippen molar-refractivity contribution in [1.29, 1.82) is 5.26 Å². The number of nitriles is 1. The van der Waals surface area contributed by atoms with Gasteiger partial charge in [-0.1, -0.05) is 29.8 Å². The Morgan fingerprint density at radius 2 is 2.00 bits per heavy atom. The second-order valence-electron chi connectivity index (χ2n) is 4.33. The molecule has 96 valence electrons. The molecule has 0 amide bonds. The number of rotatable bonds is 3. The monoisotopic (exact) mass is 271 g/mol. The maximum absolute atomic E-state index is 8.85. The van der Waals surface area contributed by atoms with Crippen molar-refractivity contribution in [1.82, 2.24) is 0 Å². The van der Waals surface area contributed by atoms with Gasteiger partial charge in [0, 0.05) is 25.0 Å². The number of benzene rings is 2. The van der Waals surface area contributed by atoms with E-state index in [0.717, 1.165) is 16.9 Å². The average Bonchev–Trinajstić information content (AvgIpc) is 2.41. The molecule has 0 saturated heterocycles. The summed E-state index contributed by atoms with van der Waals surface area (Å²) < 4.78 is 0. The van der Waals surface area contributed by atoms with E-state index in [1.54, 1.807) is 12.1 Å². The molecule has 0 radical (unpaired) electrons. The lowest BCUT2D eigenvalue weighted by atomic mass is 10.1. The smallest absolute Gasteiger partial charge is 0.101 e. The molecule has 2 aromatic rings. The van der Waals surface area contributed by atoms with Crippen molar-refractivity contribution in [2.24, 2.45) is 0 Å². The fraction of sp³-hybridized carbons (Fsp3) is 0.133. The average molecular weight is 272 g/mol. The van der Waals surface area contributed by atoms with E-state index in [0.29, 0.717) is 17.1 Å². The number of hydrogen-bond acceptors (Lipinski definition) is 3. The van der Waals surface area contributed by atoms with Crippen LogP contribution in [0.15, 0.2) is 42.5 Å². The van der Waals surface area contributed by atoms with Crippen LogP contribution in [0.5, 0.6) is 0 Å². The molecular weight excluding hydrogens is 258 g/mol. The van der Waals surface area contributed by atoms with E-state index in [9.17, 15) is 0 Å². The highest BCUT2D eigenvalue weighted by Gasteiger charge is 2.07. The van der Waals surface area contributed by atoms with Crippen molar-refractivity contribution in [2.75, 3.05) is 17.7 Å². The summed E-state index contributed by atoms with van der Waals surface area (Å²) in [5.74, 6) is 0. The highest BCUT2D eigenvalue weighted by Crippen LogP contribution is 2.24. The predicted molar refractivity (Wildman–Crippen MR) is 79.1 cm³/mol. The Morgan fingerprint density at radius 3 is 2.63 bits per heavy atom. The zero-order valence-electron chi connectivity index (χ0n) is 10.6. The lowest BCUT2D eigenvalue weighted by molar-refractivity contribution is 0.925. The molecule has 0 aromatic heterocycles. The Morgan fingerprint density at radius 1 is 1.26 bits per heavy atom. The van der Waals surface area contributed by atoms with Crippen LogP contribution in [0.4, 0.5) is 11.4 Å². The number of hydrogen-bond donors (Lipinski definition) is 1. The van der Waals surface area contributed by atoms with Crippen LogP contribution in [0, 0.1) is 11.3 Å². The van der Waals surface area contributed by atoms with Gasteiger partial charge in [-0.25, -0.2) is 0 Å². The van der Waals surface area contributed by atoms with E-state index in [1.165, 1.54) is 0 Å². The van der Waals surface area contributed by atoms with Crippen LogP contribution in [-0.4, -0.2) is 7.05 Å². The summed E-state index contributed by atoms with van der Waals surface area (Å²) in [6, 6.07) is 15.2. The summed E-state index contributed by atoms with van der Waals surface area (Å²) in [7, 11) is 1.96. The molecule has 0 aliphatic rings. The number of para-hydroxylation sites is 1.